The Kier molecular flexibility index (Phi) is 3.58. The van der Waals surface area contributed by atoms with Crippen LogP contribution in [0, 0.1) is 0 Å². The second-order valence-electron chi connectivity index (χ2n) is 3.86. The van der Waals surface area contributed by atoms with Gasteiger partial charge in [0.2, 0.25) is 0 Å². The van der Waals surface area contributed by atoms with E-state index in [-0.39, 0.29) is 4.91 Å². The van der Waals surface area contributed by atoms with Crippen LogP contribution in [-0.2, 0) is 4.79 Å². The first-order valence-corrected chi connectivity index (χ1v) is 7.42. The topological polar surface area (TPSA) is 66.2 Å². The molecule has 1 aromatic carbocycles. The van der Waals surface area contributed by atoms with Crippen LogP contribution >= 0.6 is 23.1 Å². The maximum Gasteiger partial charge on any atom is 0.261 e. The standard InChI is InChI=1S/C14H9NO3S2/c16-13(17)12(8-9-4-3-7-19-9)20-14-15-10-5-1-2-6-11(10)18-14/h1-8H,(H,16,17)/p-1/b12-8+. The SMILES string of the molecule is O=C([O-])/C(=C\c1cccs1)Sc1nc2ccccc2o1. The Hall–Kier alpha value is -2.05. The number of carboxylic acid groups (broad SMARTS) is 1. The summed E-state index contributed by atoms with van der Waals surface area (Å²) in [4.78, 5) is 16.3. The van der Waals surface area contributed by atoms with E-state index in [4.69, 9.17) is 4.42 Å². The quantitative estimate of drug-likeness (QED) is 0.547. The number of aromatic nitrogens is 1. The summed E-state index contributed by atoms with van der Waals surface area (Å²) in [6.07, 6.45) is 1.56. The van der Waals surface area contributed by atoms with Gasteiger partial charge in [-0.25, -0.2) is 4.98 Å². The molecule has 0 atom stereocenters. The zero-order valence-electron chi connectivity index (χ0n) is 10.1. The third kappa shape index (κ3) is 2.76. The van der Waals surface area contributed by atoms with E-state index in [1.807, 2.05) is 35.7 Å². The zero-order chi connectivity index (χ0) is 13.9. The number of carboxylic acids is 1. The molecule has 3 rings (SSSR count). The van der Waals surface area contributed by atoms with Gasteiger partial charge in [-0.05, 0) is 41.4 Å². The Bertz CT molecular complexity index is 742. The summed E-state index contributed by atoms with van der Waals surface area (Å²) in [7, 11) is 0. The van der Waals surface area contributed by atoms with Crippen molar-refractivity contribution in [1.82, 2.24) is 4.98 Å². The summed E-state index contributed by atoms with van der Waals surface area (Å²) in [5.41, 5.74) is 1.33. The van der Waals surface area contributed by atoms with Crippen LogP contribution in [0.1, 0.15) is 4.88 Å². The van der Waals surface area contributed by atoms with Gasteiger partial charge < -0.3 is 14.3 Å². The number of rotatable bonds is 4. The smallest absolute Gasteiger partial charge is 0.261 e. The van der Waals surface area contributed by atoms with Crippen molar-refractivity contribution in [3.8, 4) is 0 Å². The van der Waals surface area contributed by atoms with Crippen LogP contribution in [0.4, 0.5) is 0 Å². The minimum Gasteiger partial charge on any atom is -0.544 e. The lowest BCUT2D eigenvalue weighted by molar-refractivity contribution is -0.298. The van der Waals surface area contributed by atoms with Gasteiger partial charge in [0.15, 0.2) is 5.58 Å². The summed E-state index contributed by atoms with van der Waals surface area (Å²) >= 11 is 2.40. The molecule has 6 heteroatoms. The molecule has 0 saturated heterocycles. The highest BCUT2D eigenvalue weighted by molar-refractivity contribution is 8.03. The van der Waals surface area contributed by atoms with Crippen LogP contribution in [0.5, 0.6) is 0 Å². The number of thioether (sulfide) groups is 1. The first-order chi connectivity index (χ1) is 9.72. The number of hydrogen-bond acceptors (Lipinski definition) is 6. The summed E-state index contributed by atoms with van der Waals surface area (Å²) in [6.45, 7) is 0. The van der Waals surface area contributed by atoms with Gasteiger partial charge in [-0.15, -0.1) is 11.3 Å². The highest BCUT2D eigenvalue weighted by Gasteiger charge is 2.10. The second-order valence-corrected chi connectivity index (χ2v) is 5.83. The molecule has 0 bridgehead atoms. The molecule has 3 aromatic rings. The van der Waals surface area contributed by atoms with Gasteiger partial charge in [0, 0.05) is 9.78 Å². The highest BCUT2D eigenvalue weighted by atomic mass is 32.2. The molecule has 0 spiro atoms. The fraction of sp³-hybridized carbons (Fsp3) is 0. The normalized spacial score (nSPS) is 11.9. The van der Waals surface area contributed by atoms with E-state index in [1.54, 1.807) is 12.1 Å². The molecule has 0 unspecified atom stereocenters. The molecule has 0 aliphatic heterocycles. The highest BCUT2D eigenvalue weighted by Crippen LogP contribution is 2.30. The second kappa shape index (κ2) is 5.52. The van der Waals surface area contributed by atoms with E-state index in [0.29, 0.717) is 16.3 Å². The Morgan fingerprint density at radius 2 is 2.15 bits per heavy atom. The number of thiophene rings is 1. The van der Waals surface area contributed by atoms with Gasteiger partial charge in [-0.1, -0.05) is 18.2 Å². The largest absolute Gasteiger partial charge is 0.544 e. The van der Waals surface area contributed by atoms with Gasteiger partial charge in [0.1, 0.15) is 5.52 Å². The monoisotopic (exact) mass is 302 g/mol. The maximum atomic E-state index is 11.2. The molecule has 0 N–H and O–H groups in total. The van der Waals surface area contributed by atoms with E-state index in [9.17, 15) is 9.90 Å². The van der Waals surface area contributed by atoms with Crippen molar-refractivity contribution in [3.05, 3.63) is 51.6 Å². The van der Waals surface area contributed by atoms with Crippen molar-refractivity contribution in [3.63, 3.8) is 0 Å². The van der Waals surface area contributed by atoms with Crippen LogP contribution < -0.4 is 5.11 Å². The number of carbonyl (C=O) groups is 1. The lowest BCUT2D eigenvalue weighted by atomic mass is 10.3. The molecule has 0 amide bonds. The van der Waals surface area contributed by atoms with E-state index in [2.05, 4.69) is 4.98 Å². The van der Waals surface area contributed by atoms with E-state index in [0.717, 1.165) is 16.6 Å². The first kappa shape index (κ1) is 13.0. The summed E-state index contributed by atoms with van der Waals surface area (Å²) < 4.78 is 5.49. The third-order valence-corrected chi connectivity index (χ3v) is 4.16. The van der Waals surface area contributed by atoms with Crippen molar-refractivity contribution in [2.45, 2.75) is 5.22 Å². The number of oxazole rings is 1. The Labute approximate surface area is 122 Å². The Morgan fingerprint density at radius 3 is 2.85 bits per heavy atom. The van der Waals surface area contributed by atoms with Crippen LogP contribution in [0.2, 0.25) is 0 Å². The predicted octanol–water partition coefficient (Wildman–Crippen LogP) is 2.77. The first-order valence-electron chi connectivity index (χ1n) is 5.72. The molecule has 2 aromatic heterocycles. The fourth-order valence-electron chi connectivity index (χ4n) is 1.62. The average molecular weight is 302 g/mol. The molecular weight excluding hydrogens is 294 g/mol. The van der Waals surface area contributed by atoms with Gasteiger partial charge in [-0.2, -0.15) is 0 Å². The summed E-state index contributed by atoms with van der Waals surface area (Å²) in [6, 6.07) is 11.0. The summed E-state index contributed by atoms with van der Waals surface area (Å²) in [5.74, 6) is -1.24. The Balaban J connectivity index is 1.92. The zero-order valence-corrected chi connectivity index (χ0v) is 11.7. The number of nitrogens with zero attached hydrogens (tertiary/aromatic N) is 1. The molecule has 4 nitrogen and oxygen atoms in total. The number of hydrogen-bond donors (Lipinski definition) is 0. The minimum absolute atomic E-state index is 0.0685. The van der Waals surface area contributed by atoms with Crippen LogP contribution in [0.25, 0.3) is 17.2 Å². The molecule has 100 valence electrons. The van der Waals surface area contributed by atoms with Crippen LogP contribution in [0.15, 0.2) is 56.3 Å². The average Bonchev–Trinajstić information content (AvgIpc) is 3.05. The number of benzene rings is 1. The molecule has 0 saturated carbocycles. The molecule has 0 aliphatic carbocycles. The van der Waals surface area contributed by atoms with Gasteiger partial charge in [0.25, 0.3) is 5.22 Å². The number of aliphatic carboxylic acids is 1. The fourth-order valence-corrected chi connectivity index (χ4v) is 3.09. The molecule has 20 heavy (non-hydrogen) atoms. The third-order valence-electron chi connectivity index (χ3n) is 2.49. The van der Waals surface area contributed by atoms with Crippen LogP contribution in [-0.4, -0.2) is 11.0 Å². The van der Waals surface area contributed by atoms with Gasteiger partial charge in [-0.3, -0.25) is 0 Å². The molecule has 0 fully saturated rings. The minimum atomic E-state index is -1.24. The molecule has 0 aliphatic rings. The lowest BCUT2D eigenvalue weighted by Gasteiger charge is -2.04. The number of carbonyl (C=O) groups excluding carboxylic acids is 1. The number of fused-ring (bicyclic) bond motifs is 1. The van der Waals surface area contributed by atoms with E-state index in [1.165, 1.54) is 11.3 Å². The van der Waals surface area contributed by atoms with Gasteiger partial charge in [0.05, 0.1) is 5.97 Å². The van der Waals surface area contributed by atoms with Crippen molar-refractivity contribution >= 4 is 46.2 Å². The number of para-hydroxylation sites is 2. The van der Waals surface area contributed by atoms with Crippen molar-refractivity contribution in [2.24, 2.45) is 0 Å². The Morgan fingerprint density at radius 1 is 1.30 bits per heavy atom. The van der Waals surface area contributed by atoms with Crippen LogP contribution in [0.3, 0.4) is 0 Å². The van der Waals surface area contributed by atoms with E-state index < -0.39 is 5.97 Å². The maximum absolute atomic E-state index is 11.2. The molecular formula is C14H8NO3S2-. The molecule has 2 heterocycles. The van der Waals surface area contributed by atoms with Gasteiger partial charge >= 0.3 is 0 Å². The van der Waals surface area contributed by atoms with Crippen molar-refractivity contribution in [1.29, 1.82) is 0 Å². The van der Waals surface area contributed by atoms with E-state index >= 15 is 0 Å². The summed E-state index contributed by atoms with van der Waals surface area (Å²) in [5, 5.41) is 13.3. The van der Waals surface area contributed by atoms with Crippen molar-refractivity contribution < 1.29 is 14.3 Å². The predicted molar refractivity (Wildman–Crippen MR) is 77.2 cm³/mol. The molecule has 0 radical (unpaired) electrons. The van der Waals surface area contributed by atoms with Crippen molar-refractivity contribution in [2.75, 3.05) is 0 Å². The lowest BCUT2D eigenvalue weighted by Crippen LogP contribution is -2.22.